The quantitative estimate of drug-likeness (QED) is 0.368. The molecule has 9 nitrogen and oxygen atoms in total. The summed E-state index contributed by atoms with van der Waals surface area (Å²) >= 11 is 0. The van der Waals surface area contributed by atoms with E-state index in [-0.39, 0.29) is 10.3 Å². The first-order chi connectivity index (χ1) is 17.6. The van der Waals surface area contributed by atoms with Crippen molar-refractivity contribution in [3.63, 3.8) is 0 Å². The van der Waals surface area contributed by atoms with Crippen LogP contribution >= 0.6 is 0 Å². The number of carbonyl (C=O) groups is 1. The van der Waals surface area contributed by atoms with Gasteiger partial charge >= 0.3 is 5.69 Å². The van der Waals surface area contributed by atoms with E-state index in [1.807, 2.05) is 31.2 Å². The second-order valence-corrected chi connectivity index (χ2v) is 10.6. The molecule has 192 valence electrons. The molecule has 4 aromatic rings. The van der Waals surface area contributed by atoms with E-state index in [2.05, 4.69) is 10.0 Å². The average Bonchev–Trinajstić information content (AvgIpc) is 2.89. The fraction of sp³-hybridized carbons (Fsp3) is 0.222. The number of benzene rings is 3. The van der Waals surface area contributed by atoms with E-state index < -0.39 is 33.2 Å². The average molecular weight is 521 g/mol. The van der Waals surface area contributed by atoms with Crippen molar-refractivity contribution in [3.8, 4) is 0 Å². The predicted molar refractivity (Wildman–Crippen MR) is 142 cm³/mol. The lowest BCUT2D eigenvalue weighted by Gasteiger charge is -2.19. The summed E-state index contributed by atoms with van der Waals surface area (Å²) in [6, 6.07) is 19.2. The van der Waals surface area contributed by atoms with E-state index in [1.165, 1.54) is 36.9 Å². The Balaban J connectivity index is 1.62. The number of aromatic nitrogens is 2. The Bertz CT molecular complexity index is 1690. The lowest BCUT2D eigenvalue weighted by atomic mass is 10.1. The lowest BCUT2D eigenvalue weighted by molar-refractivity contribution is -0.122. The normalized spacial score (nSPS) is 12.4. The third-order valence-corrected chi connectivity index (χ3v) is 7.63. The maximum atomic E-state index is 13.4. The van der Waals surface area contributed by atoms with Crippen molar-refractivity contribution in [1.82, 2.24) is 19.2 Å². The first-order valence-corrected chi connectivity index (χ1v) is 13.2. The topological polar surface area (TPSA) is 119 Å². The standard InChI is InChI=1S/C27H28N4O5S/c1-18-8-7-9-19(16-18)14-15-28-25(32)24(20-10-5-4-6-11-20)29-37(35,36)21-12-13-23-22(17-21)26(33)31(3)27(34)30(23)2/h4-13,16-17,24,29H,14-15H2,1-3H3,(H,28,32)/t24-/m0/s1. The summed E-state index contributed by atoms with van der Waals surface area (Å²) < 4.78 is 31.4. The number of fused-ring (bicyclic) bond motifs is 1. The summed E-state index contributed by atoms with van der Waals surface area (Å²) in [5.74, 6) is -0.499. The van der Waals surface area contributed by atoms with Crippen LogP contribution in [0.4, 0.5) is 0 Å². The van der Waals surface area contributed by atoms with Gasteiger partial charge in [0, 0.05) is 20.6 Å². The Morgan fingerprint density at radius 2 is 1.65 bits per heavy atom. The molecule has 0 saturated heterocycles. The monoisotopic (exact) mass is 520 g/mol. The van der Waals surface area contributed by atoms with Crippen LogP contribution in [0, 0.1) is 6.92 Å². The van der Waals surface area contributed by atoms with Crippen molar-refractivity contribution in [1.29, 1.82) is 0 Å². The number of sulfonamides is 1. The number of carbonyl (C=O) groups excluding carboxylic acids is 1. The zero-order valence-corrected chi connectivity index (χ0v) is 21.6. The fourth-order valence-electron chi connectivity index (χ4n) is 4.18. The molecule has 1 aromatic heterocycles. The maximum Gasteiger partial charge on any atom is 0.330 e. The number of amides is 1. The zero-order chi connectivity index (χ0) is 26.7. The van der Waals surface area contributed by atoms with Gasteiger partial charge in [-0.15, -0.1) is 0 Å². The van der Waals surface area contributed by atoms with E-state index in [4.69, 9.17) is 0 Å². The molecule has 10 heteroatoms. The Kier molecular flexibility index (Phi) is 7.42. The SMILES string of the molecule is Cc1cccc(CCNC(=O)[C@@H](NS(=O)(=O)c2ccc3c(c2)c(=O)n(C)c(=O)n3C)c2ccccc2)c1. The van der Waals surface area contributed by atoms with Gasteiger partial charge in [-0.25, -0.2) is 13.2 Å². The molecule has 0 spiro atoms. The number of hydrogen-bond donors (Lipinski definition) is 2. The van der Waals surface area contributed by atoms with Gasteiger partial charge in [-0.1, -0.05) is 60.2 Å². The third kappa shape index (κ3) is 5.55. The molecule has 37 heavy (non-hydrogen) atoms. The molecule has 0 fully saturated rings. The van der Waals surface area contributed by atoms with Gasteiger partial charge in [0.05, 0.1) is 15.8 Å². The Morgan fingerprint density at radius 3 is 2.35 bits per heavy atom. The van der Waals surface area contributed by atoms with Gasteiger partial charge in [-0.3, -0.25) is 18.7 Å². The lowest BCUT2D eigenvalue weighted by Crippen LogP contribution is -2.41. The van der Waals surface area contributed by atoms with Gasteiger partial charge in [0.25, 0.3) is 5.56 Å². The molecule has 0 bridgehead atoms. The summed E-state index contributed by atoms with van der Waals surface area (Å²) in [6.07, 6.45) is 0.592. The molecule has 0 aliphatic rings. The summed E-state index contributed by atoms with van der Waals surface area (Å²) in [4.78, 5) is 37.8. The van der Waals surface area contributed by atoms with Crippen LogP contribution in [0.25, 0.3) is 10.9 Å². The fourth-order valence-corrected chi connectivity index (χ4v) is 5.39. The van der Waals surface area contributed by atoms with Crippen molar-refractivity contribution in [3.05, 3.63) is 110 Å². The van der Waals surface area contributed by atoms with Crippen molar-refractivity contribution < 1.29 is 13.2 Å². The van der Waals surface area contributed by atoms with E-state index in [9.17, 15) is 22.8 Å². The Hall–Kier alpha value is -4.02. The molecule has 0 aliphatic heterocycles. The van der Waals surface area contributed by atoms with E-state index in [1.54, 1.807) is 30.3 Å². The smallest absolute Gasteiger partial charge is 0.330 e. The van der Waals surface area contributed by atoms with Crippen LogP contribution in [0.1, 0.15) is 22.7 Å². The highest BCUT2D eigenvalue weighted by molar-refractivity contribution is 7.89. The van der Waals surface area contributed by atoms with Crippen LogP contribution in [0.3, 0.4) is 0 Å². The largest absolute Gasteiger partial charge is 0.354 e. The van der Waals surface area contributed by atoms with Crippen LogP contribution in [0.5, 0.6) is 0 Å². The highest BCUT2D eigenvalue weighted by atomic mass is 32.2. The van der Waals surface area contributed by atoms with Crippen LogP contribution in [0.15, 0.2) is 87.3 Å². The molecule has 4 rings (SSSR count). The first kappa shape index (κ1) is 26.1. The molecule has 1 atom stereocenters. The van der Waals surface area contributed by atoms with Gasteiger partial charge in [0.15, 0.2) is 0 Å². The molecule has 0 saturated carbocycles. The van der Waals surface area contributed by atoms with E-state index >= 15 is 0 Å². The van der Waals surface area contributed by atoms with Crippen molar-refractivity contribution in [2.24, 2.45) is 14.1 Å². The number of nitrogens with zero attached hydrogens (tertiary/aromatic N) is 2. The number of hydrogen-bond acceptors (Lipinski definition) is 5. The highest BCUT2D eigenvalue weighted by Gasteiger charge is 2.27. The highest BCUT2D eigenvalue weighted by Crippen LogP contribution is 2.20. The second-order valence-electron chi connectivity index (χ2n) is 8.88. The van der Waals surface area contributed by atoms with Gasteiger partial charge in [-0.05, 0) is 42.7 Å². The molecular weight excluding hydrogens is 492 g/mol. The summed E-state index contributed by atoms with van der Waals surface area (Å²) in [5.41, 5.74) is 1.83. The summed E-state index contributed by atoms with van der Waals surface area (Å²) in [5, 5.41) is 2.90. The molecule has 3 aromatic carbocycles. The minimum absolute atomic E-state index is 0.0753. The second kappa shape index (κ2) is 10.5. The van der Waals surface area contributed by atoms with Crippen LogP contribution in [-0.2, 0) is 35.3 Å². The molecular formula is C27H28N4O5S. The van der Waals surface area contributed by atoms with E-state index in [0.29, 0.717) is 24.0 Å². The zero-order valence-electron chi connectivity index (χ0n) is 20.8. The van der Waals surface area contributed by atoms with Crippen molar-refractivity contribution >= 4 is 26.8 Å². The first-order valence-electron chi connectivity index (χ1n) is 11.7. The van der Waals surface area contributed by atoms with Gasteiger partial charge < -0.3 is 5.32 Å². The Morgan fingerprint density at radius 1 is 0.919 bits per heavy atom. The third-order valence-electron chi connectivity index (χ3n) is 6.21. The molecule has 0 radical (unpaired) electrons. The molecule has 2 N–H and O–H groups in total. The van der Waals surface area contributed by atoms with E-state index in [0.717, 1.165) is 15.7 Å². The van der Waals surface area contributed by atoms with Gasteiger partial charge in [0.1, 0.15) is 6.04 Å². The van der Waals surface area contributed by atoms with Gasteiger partial charge in [-0.2, -0.15) is 4.72 Å². The summed E-state index contributed by atoms with van der Waals surface area (Å²) in [6.45, 7) is 2.32. The summed E-state index contributed by atoms with van der Waals surface area (Å²) in [7, 11) is -1.39. The number of nitrogens with one attached hydrogen (secondary N) is 2. The molecule has 1 heterocycles. The van der Waals surface area contributed by atoms with Crippen molar-refractivity contribution in [2.45, 2.75) is 24.3 Å². The van der Waals surface area contributed by atoms with Crippen LogP contribution in [-0.4, -0.2) is 30.0 Å². The maximum absolute atomic E-state index is 13.4. The Labute approximate surface area is 214 Å². The minimum Gasteiger partial charge on any atom is -0.354 e. The number of aryl methyl sites for hydroxylation is 2. The van der Waals surface area contributed by atoms with Crippen molar-refractivity contribution in [2.75, 3.05) is 6.54 Å². The van der Waals surface area contributed by atoms with Gasteiger partial charge in [0.2, 0.25) is 15.9 Å². The minimum atomic E-state index is -4.23. The predicted octanol–water partition coefficient (Wildman–Crippen LogP) is 1.92. The molecule has 0 aliphatic carbocycles. The number of rotatable bonds is 8. The molecule has 1 amide bonds. The van der Waals surface area contributed by atoms with Crippen LogP contribution < -0.4 is 21.3 Å². The molecule has 0 unspecified atom stereocenters. The van der Waals surface area contributed by atoms with Crippen LogP contribution in [0.2, 0.25) is 0 Å².